The molecule has 4 nitrogen and oxygen atoms in total. The van der Waals surface area contributed by atoms with Crippen molar-refractivity contribution in [1.82, 2.24) is 4.57 Å². The highest BCUT2D eigenvalue weighted by Crippen LogP contribution is 2.26. The van der Waals surface area contributed by atoms with E-state index >= 15 is 0 Å². The van der Waals surface area contributed by atoms with Crippen LogP contribution in [-0.2, 0) is 13.0 Å². The average Bonchev–Trinajstić information content (AvgIpc) is 2.53. The molecule has 2 rings (SSSR count). The summed E-state index contributed by atoms with van der Waals surface area (Å²) in [5.41, 5.74) is 8.33. The van der Waals surface area contributed by atoms with Crippen LogP contribution in [0.25, 0.3) is 0 Å². The molecule has 94 valence electrons. The van der Waals surface area contributed by atoms with Crippen molar-refractivity contribution in [2.24, 2.45) is 5.73 Å². The van der Waals surface area contributed by atoms with E-state index in [1.54, 1.807) is 6.07 Å². The largest absolute Gasteiger partial charge is 0.371 e. The summed E-state index contributed by atoms with van der Waals surface area (Å²) in [4.78, 5) is 12.1. The summed E-state index contributed by atoms with van der Waals surface area (Å²) in [5.74, 6) is 0.946. The van der Waals surface area contributed by atoms with E-state index in [-0.39, 0.29) is 11.6 Å². The SMILES string of the molecule is CCc1cc(=O)n2c(c1C(C)N)NCCCC2. The van der Waals surface area contributed by atoms with Gasteiger partial charge >= 0.3 is 0 Å². The molecular formula is C13H21N3O. The van der Waals surface area contributed by atoms with Crippen LogP contribution in [0, 0.1) is 0 Å². The molecule has 0 aromatic carbocycles. The van der Waals surface area contributed by atoms with Crippen LogP contribution in [0.15, 0.2) is 10.9 Å². The Labute approximate surface area is 102 Å². The number of rotatable bonds is 2. The Bertz CT molecular complexity index is 462. The number of fused-ring (bicyclic) bond motifs is 1. The molecule has 1 aliphatic heterocycles. The number of aryl methyl sites for hydroxylation is 1. The van der Waals surface area contributed by atoms with Gasteiger partial charge in [-0.1, -0.05) is 6.92 Å². The van der Waals surface area contributed by atoms with E-state index < -0.39 is 0 Å². The molecule has 3 N–H and O–H groups in total. The first-order chi connectivity index (χ1) is 8.15. The van der Waals surface area contributed by atoms with Crippen molar-refractivity contribution in [2.45, 2.75) is 45.7 Å². The fourth-order valence-electron chi connectivity index (χ4n) is 2.53. The van der Waals surface area contributed by atoms with Crippen molar-refractivity contribution in [1.29, 1.82) is 0 Å². The molecule has 0 bridgehead atoms. The van der Waals surface area contributed by atoms with Gasteiger partial charge in [0.05, 0.1) is 0 Å². The van der Waals surface area contributed by atoms with E-state index in [2.05, 4.69) is 12.2 Å². The maximum atomic E-state index is 12.1. The Kier molecular flexibility index (Phi) is 3.52. The second-order valence-electron chi connectivity index (χ2n) is 4.70. The zero-order valence-corrected chi connectivity index (χ0v) is 10.6. The second-order valence-corrected chi connectivity index (χ2v) is 4.70. The number of hydrogen-bond acceptors (Lipinski definition) is 3. The van der Waals surface area contributed by atoms with Crippen LogP contribution < -0.4 is 16.6 Å². The summed E-state index contributed by atoms with van der Waals surface area (Å²) in [6.07, 6.45) is 2.99. The van der Waals surface area contributed by atoms with Gasteiger partial charge in [0.2, 0.25) is 0 Å². The molecule has 0 saturated carbocycles. The molecule has 0 fully saturated rings. The van der Waals surface area contributed by atoms with Gasteiger partial charge in [-0.25, -0.2) is 0 Å². The fraction of sp³-hybridized carbons (Fsp3) is 0.615. The number of aromatic nitrogens is 1. The summed E-state index contributed by atoms with van der Waals surface area (Å²) in [6.45, 7) is 5.76. The van der Waals surface area contributed by atoms with E-state index in [0.29, 0.717) is 0 Å². The van der Waals surface area contributed by atoms with Crippen molar-refractivity contribution >= 4 is 5.82 Å². The summed E-state index contributed by atoms with van der Waals surface area (Å²) >= 11 is 0. The highest BCUT2D eigenvalue weighted by atomic mass is 16.1. The van der Waals surface area contributed by atoms with E-state index in [0.717, 1.165) is 49.3 Å². The molecular weight excluding hydrogens is 214 g/mol. The third-order valence-electron chi connectivity index (χ3n) is 3.37. The highest BCUT2D eigenvalue weighted by molar-refractivity contribution is 5.51. The van der Waals surface area contributed by atoms with Crippen molar-refractivity contribution < 1.29 is 0 Å². The molecule has 1 aromatic rings. The van der Waals surface area contributed by atoms with Gasteiger partial charge in [-0.05, 0) is 31.7 Å². The van der Waals surface area contributed by atoms with E-state index in [4.69, 9.17) is 5.73 Å². The summed E-state index contributed by atoms with van der Waals surface area (Å²) in [5, 5.41) is 3.37. The molecule has 17 heavy (non-hydrogen) atoms. The lowest BCUT2D eigenvalue weighted by atomic mass is 10.0. The summed E-state index contributed by atoms with van der Waals surface area (Å²) < 4.78 is 1.84. The van der Waals surface area contributed by atoms with Crippen LogP contribution in [0.2, 0.25) is 0 Å². The standard InChI is InChI=1S/C13H21N3O/c1-3-10-8-11(17)16-7-5-4-6-15-13(16)12(10)9(2)14/h8-9,15H,3-7,14H2,1-2H3. The van der Waals surface area contributed by atoms with Gasteiger partial charge in [-0.2, -0.15) is 0 Å². The van der Waals surface area contributed by atoms with E-state index in [1.807, 2.05) is 11.5 Å². The molecule has 1 aromatic heterocycles. The molecule has 1 atom stereocenters. The van der Waals surface area contributed by atoms with Gasteiger partial charge in [0.1, 0.15) is 5.82 Å². The zero-order chi connectivity index (χ0) is 12.4. The quantitative estimate of drug-likeness (QED) is 0.819. The van der Waals surface area contributed by atoms with Gasteiger partial charge in [0.15, 0.2) is 0 Å². The number of nitrogens with one attached hydrogen (secondary N) is 1. The van der Waals surface area contributed by atoms with Gasteiger partial charge in [-0.15, -0.1) is 0 Å². The number of nitrogens with two attached hydrogens (primary N) is 1. The molecule has 2 heterocycles. The van der Waals surface area contributed by atoms with E-state index in [9.17, 15) is 4.79 Å². The molecule has 1 aliphatic rings. The first-order valence-electron chi connectivity index (χ1n) is 6.41. The normalized spacial score (nSPS) is 16.9. The maximum Gasteiger partial charge on any atom is 0.252 e. The first-order valence-corrected chi connectivity index (χ1v) is 6.41. The highest BCUT2D eigenvalue weighted by Gasteiger charge is 2.18. The van der Waals surface area contributed by atoms with Crippen molar-refractivity contribution in [3.63, 3.8) is 0 Å². The Morgan fingerprint density at radius 3 is 2.94 bits per heavy atom. The zero-order valence-electron chi connectivity index (χ0n) is 10.6. The molecule has 0 spiro atoms. The fourth-order valence-corrected chi connectivity index (χ4v) is 2.53. The van der Waals surface area contributed by atoms with Crippen molar-refractivity contribution in [3.8, 4) is 0 Å². The molecule has 0 radical (unpaired) electrons. The molecule has 0 amide bonds. The predicted octanol–water partition coefficient (Wildman–Crippen LogP) is 1.64. The van der Waals surface area contributed by atoms with Crippen molar-refractivity contribution in [2.75, 3.05) is 11.9 Å². The van der Waals surface area contributed by atoms with Crippen LogP contribution in [0.5, 0.6) is 0 Å². The predicted molar refractivity (Wildman–Crippen MR) is 70.4 cm³/mol. The third kappa shape index (κ3) is 2.22. The third-order valence-corrected chi connectivity index (χ3v) is 3.37. The minimum Gasteiger partial charge on any atom is -0.371 e. The second kappa shape index (κ2) is 4.92. The summed E-state index contributed by atoms with van der Waals surface area (Å²) in [7, 11) is 0. The Hall–Kier alpha value is -1.29. The van der Waals surface area contributed by atoms with E-state index in [1.165, 1.54) is 0 Å². The Balaban J connectivity index is 2.66. The van der Waals surface area contributed by atoms with Gasteiger partial charge < -0.3 is 11.1 Å². The lowest BCUT2D eigenvalue weighted by Gasteiger charge is -2.20. The van der Waals surface area contributed by atoms with Crippen LogP contribution in [0.3, 0.4) is 0 Å². The number of pyridine rings is 1. The molecule has 4 heteroatoms. The maximum absolute atomic E-state index is 12.1. The van der Waals surface area contributed by atoms with Crippen LogP contribution in [-0.4, -0.2) is 11.1 Å². The Morgan fingerprint density at radius 1 is 1.53 bits per heavy atom. The summed E-state index contributed by atoms with van der Waals surface area (Å²) in [6, 6.07) is 1.70. The number of anilines is 1. The average molecular weight is 235 g/mol. The van der Waals surface area contributed by atoms with Crippen molar-refractivity contribution in [3.05, 3.63) is 27.5 Å². The minimum absolute atomic E-state index is 0.0441. The monoisotopic (exact) mass is 235 g/mol. The van der Waals surface area contributed by atoms with Gasteiger partial charge in [0, 0.05) is 30.8 Å². The molecule has 1 unspecified atom stereocenters. The number of nitrogens with zero attached hydrogens (tertiary/aromatic N) is 1. The lowest BCUT2D eigenvalue weighted by Crippen LogP contribution is -2.26. The Morgan fingerprint density at radius 2 is 2.29 bits per heavy atom. The molecule has 0 saturated heterocycles. The minimum atomic E-state index is -0.0441. The van der Waals surface area contributed by atoms with Gasteiger partial charge in [-0.3, -0.25) is 9.36 Å². The molecule has 0 aliphatic carbocycles. The van der Waals surface area contributed by atoms with Gasteiger partial charge in [0.25, 0.3) is 5.56 Å². The van der Waals surface area contributed by atoms with Crippen LogP contribution >= 0.6 is 0 Å². The van der Waals surface area contributed by atoms with Crippen LogP contribution in [0.1, 0.15) is 43.9 Å². The topological polar surface area (TPSA) is 60.0 Å². The lowest BCUT2D eigenvalue weighted by molar-refractivity contribution is 0.629. The van der Waals surface area contributed by atoms with Crippen LogP contribution in [0.4, 0.5) is 5.82 Å². The first kappa shape index (κ1) is 12.2. The smallest absolute Gasteiger partial charge is 0.252 e. The number of hydrogen-bond donors (Lipinski definition) is 2.